The summed E-state index contributed by atoms with van der Waals surface area (Å²) in [7, 11) is 0. The first-order chi connectivity index (χ1) is 9.29. The first kappa shape index (κ1) is 14.5. The number of nitrogens with zero attached hydrogens (tertiary/aromatic N) is 1. The third-order valence-corrected chi connectivity index (χ3v) is 2.83. The van der Waals surface area contributed by atoms with Crippen LogP contribution < -0.4 is 0 Å². The van der Waals surface area contributed by atoms with E-state index in [-0.39, 0.29) is 11.3 Å². The van der Waals surface area contributed by atoms with E-state index in [4.69, 9.17) is 0 Å². The van der Waals surface area contributed by atoms with Crippen LogP contribution in [0.2, 0.25) is 0 Å². The van der Waals surface area contributed by atoms with E-state index < -0.39 is 23.7 Å². The van der Waals surface area contributed by atoms with E-state index in [0.717, 1.165) is 11.6 Å². The molecule has 0 spiro atoms. The predicted octanol–water partition coefficient (Wildman–Crippen LogP) is 3.63. The van der Waals surface area contributed by atoms with Gasteiger partial charge in [0.1, 0.15) is 11.9 Å². The highest BCUT2D eigenvalue weighted by atomic mass is 19.4. The van der Waals surface area contributed by atoms with Crippen LogP contribution in [0.15, 0.2) is 36.5 Å². The predicted molar refractivity (Wildman–Crippen MR) is 64.4 cm³/mol. The number of hydrogen-bond donors (Lipinski definition) is 1. The van der Waals surface area contributed by atoms with E-state index in [1.807, 2.05) is 0 Å². The normalized spacial score (nSPS) is 13.3. The summed E-state index contributed by atoms with van der Waals surface area (Å²) in [6.45, 7) is 1.79. The number of aryl methyl sites for hydroxylation is 1. The van der Waals surface area contributed by atoms with Crippen LogP contribution in [0, 0.1) is 12.7 Å². The Morgan fingerprint density at radius 1 is 1.15 bits per heavy atom. The van der Waals surface area contributed by atoms with Crippen molar-refractivity contribution in [3.8, 4) is 0 Å². The summed E-state index contributed by atoms with van der Waals surface area (Å²) >= 11 is 0. The number of rotatable bonds is 2. The van der Waals surface area contributed by atoms with Crippen LogP contribution in [0.3, 0.4) is 0 Å². The number of aromatic nitrogens is 1. The van der Waals surface area contributed by atoms with Gasteiger partial charge >= 0.3 is 6.18 Å². The van der Waals surface area contributed by atoms with Crippen molar-refractivity contribution in [1.82, 2.24) is 4.98 Å². The lowest BCUT2D eigenvalue weighted by Crippen LogP contribution is -2.10. The second-order valence-corrected chi connectivity index (χ2v) is 4.40. The molecule has 1 aromatic heterocycles. The Balaban J connectivity index is 2.40. The zero-order chi connectivity index (χ0) is 14.9. The molecule has 0 amide bonds. The lowest BCUT2D eigenvalue weighted by molar-refractivity contribution is -0.140. The summed E-state index contributed by atoms with van der Waals surface area (Å²) in [4.78, 5) is 3.94. The fraction of sp³-hybridized carbons (Fsp3) is 0.214. The second kappa shape index (κ2) is 5.20. The Kier molecular flexibility index (Phi) is 3.76. The van der Waals surface area contributed by atoms with E-state index in [2.05, 4.69) is 4.98 Å². The van der Waals surface area contributed by atoms with Crippen LogP contribution in [-0.2, 0) is 6.18 Å². The molecule has 106 valence electrons. The molecule has 0 aliphatic heterocycles. The van der Waals surface area contributed by atoms with E-state index in [0.29, 0.717) is 12.1 Å². The van der Waals surface area contributed by atoms with E-state index >= 15 is 0 Å². The monoisotopic (exact) mass is 285 g/mol. The van der Waals surface area contributed by atoms with Crippen LogP contribution >= 0.6 is 0 Å². The summed E-state index contributed by atoms with van der Waals surface area (Å²) < 4.78 is 51.0. The molecule has 2 aromatic rings. The molecule has 0 aliphatic rings. The van der Waals surface area contributed by atoms with Crippen LogP contribution in [0.1, 0.15) is 28.5 Å². The maximum absolute atomic E-state index is 13.2. The van der Waals surface area contributed by atoms with Gasteiger partial charge in [-0.1, -0.05) is 12.1 Å². The molecule has 6 heteroatoms. The van der Waals surface area contributed by atoms with Crippen LogP contribution in [0.25, 0.3) is 0 Å². The molecule has 0 fully saturated rings. The van der Waals surface area contributed by atoms with E-state index in [1.165, 1.54) is 12.3 Å². The van der Waals surface area contributed by atoms with Crippen molar-refractivity contribution in [3.63, 3.8) is 0 Å². The third kappa shape index (κ3) is 2.96. The standard InChI is InChI=1S/C14H11F4NO/c1-8-2-5-12(19-7-8)13(20)9-3-4-11(15)10(6-9)14(16,17)18/h2-7,13,20H,1H3. The average Bonchev–Trinajstić information content (AvgIpc) is 2.38. The number of alkyl halides is 3. The van der Waals surface area contributed by atoms with Crippen molar-refractivity contribution in [2.24, 2.45) is 0 Å². The smallest absolute Gasteiger partial charge is 0.382 e. The van der Waals surface area contributed by atoms with Gasteiger partial charge in [-0.2, -0.15) is 13.2 Å². The maximum atomic E-state index is 13.2. The van der Waals surface area contributed by atoms with Gasteiger partial charge in [-0.25, -0.2) is 4.39 Å². The molecular formula is C14H11F4NO. The Labute approximate surface area is 112 Å². The fourth-order valence-corrected chi connectivity index (χ4v) is 1.74. The Morgan fingerprint density at radius 3 is 2.40 bits per heavy atom. The summed E-state index contributed by atoms with van der Waals surface area (Å²) in [6, 6.07) is 5.59. The van der Waals surface area contributed by atoms with Crippen molar-refractivity contribution in [2.75, 3.05) is 0 Å². The molecule has 20 heavy (non-hydrogen) atoms. The van der Waals surface area contributed by atoms with Gasteiger partial charge in [0.05, 0.1) is 11.3 Å². The molecule has 1 heterocycles. The number of aliphatic hydroxyl groups is 1. The molecule has 0 saturated heterocycles. The van der Waals surface area contributed by atoms with Gasteiger partial charge in [0, 0.05) is 6.20 Å². The summed E-state index contributed by atoms with van der Waals surface area (Å²) in [5.41, 5.74) is -0.400. The number of aliphatic hydroxyl groups excluding tert-OH is 1. The number of pyridine rings is 1. The second-order valence-electron chi connectivity index (χ2n) is 4.40. The first-order valence-electron chi connectivity index (χ1n) is 5.76. The van der Waals surface area contributed by atoms with E-state index in [1.54, 1.807) is 13.0 Å². The van der Waals surface area contributed by atoms with Crippen molar-refractivity contribution < 1.29 is 22.7 Å². The SMILES string of the molecule is Cc1ccc(C(O)c2ccc(F)c(C(F)(F)F)c2)nc1. The molecule has 0 bridgehead atoms. The maximum Gasteiger partial charge on any atom is 0.419 e. The highest BCUT2D eigenvalue weighted by Gasteiger charge is 2.34. The largest absolute Gasteiger partial charge is 0.419 e. The van der Waals surface area contributed by atoms with E-state index in [9.17, 15) is 22.7 Å². The zero-order valence-electron chi connectivity index (χ0n) is 10.4. The first-order valence-corrected chi connectivity index (χ1v) is 5.76. The van der Waals surface area contributed by atoms with Crippen molar-refractivity contribution in [3.05, 3.63) is 64.7 Å². The highest BCUT2D eigenvalue weighted by Crippen LogP contribution is 2.33. The number of hydrogen-bond acceptors (Lipinski definition) is 2. The molecule has 1 atom stereocenters. The summed E-state index contributed by atoms with van der Waals surface area (Å²) in [5, 5.41) is 10.0. The van der Waals surface area contributed by atoms with Gasteiger partial charge in [0.2, 0.25) is 0 Å². The van der Waals surface area contributed by atoms with Gasteiger partial charge in [0.15, 0.2) is 0 Å². The topological polar surface area (TPSA) is 33.1 Å². The molecular weight excluding hydrogens is 274 g/mol. The molecule has 1 aromatic carbocycles. The van der Waals surface area contributed by atoms with Gasteiger partial charge in [-0.05, 0) is 36.2 Å². The average molecular weight is 285 g/mol. The highest BCUT2D eigenvalue weighted by molar-refractivity contribution is 5.32. The third-order valence-electron chi connectivity index (χ3n) is 2.83. The molecule has 1 unspecified atom stereocenters. The Morgan fingerprint density at radius 2 is 1.85 bits per heavy atom. The Hall–Kier alpha value is -1.95. The lowest BCUT2D eigenvalue weighted by Gasteiger charge is -2.14. The van der Waals surface area contributed by atoms with Gasteiger partial charge in [-0.15, -0.1) is 0 Å². The number of halogens is 4. The fourth-order valence-electron chi connectivity index (χ4n) is 1.74. The summed E-state index contributed by atoms with van der Waals surface area (Å²) in [5.74, 6) is -1.37. The van der Waals surface area contributed by atoms with Crippen molar-refractivity contribution in [2.45, 2.75) is 19.2 Å². The molecule has 1 N–H and O–H groups in total. The van der Waals surface area contributed by atoms with Crippen LogP contribution in [-0.4, -0.2) is 10.1 Å². The van der Waals surface area contributed by atoms with Crippen LogP contribution in [0.4, 0.5) is 17.6 Å². The van der Waals surface area contributed by atoms with Crippen molar-refractivity contribution in [1.29, 1.82) is 0 Å². The Bertz CT molecular complexity index is 608. The summed E-state index contributed by atoms with van der Waals surface area (Å²) in [6.07, 6.45) is -4.65. The van der Waals surface area contributed by atoms with Crippen molar-refractivity contribution >= 4 is 0 Å². The molecule has 2 rings (SSSR count). The number of benzene rings is 1. The van der Waals surface area contributed by atoms with Gasteiger partial charge in [0.25, 0.3) is 0 Å². The minimum Gasteiger partial charge on any atom is -0.382 e. The van der Waals surface area contributed by atoms with Crippen LogP contribution in [0.5, 0.6) is 0 Å². The zero-order valence-corrected chi connectivity index (χ0v) is 10.4. The lowest BCUT2D eigenvalue weighted by atomic mass is 10.0. The minimum atomic E-state index is -4.81. The van der Waals surface area contributed by atoms with Gasteiger partial charge in [-0.3, -0.25) is 4.98 Å². The minimum absolute atomic E-state index is 0.0601. The molecule has 0 saturated carbocycles. The quantitative estimate of drug-likeness (QED) is 0.855. The molecule has 2 nitrogen and oxygen atoms in total. The molecule has 0 radical (unpaired) electrons. The molecule has 0 aliphatic carbocycles. The van der Waals surface area contributed by atoms with Gasteiger partial charge < -0.3 is 5.11 Å².